The van der Waals surface area contributed by atoms with E-state index in [4.69, 9.17) is 18.6 Å². The smallest absolute Gasteiger partial charge is 0.433 e. The Balaban J connectivity index is 2.02. The van der Waals surface area contributed by atoms with E-state index in [0.29, 0.717) is 11.5 Å². The molecule has 1 aromatic carbocycles. The molecule has 0 spiro atoms. The SMILES string of the molecule is COc1ccc(C(=O)COC(=O)c2ccc([N+](=O)[O-])o2)cc1OC. The Hall–Kier alpha value is -3.36. The molecule has 0 aliphatic carbocycles. The van der Waals surface area contributed by atoms with Crippen molar-refractivity contribution in [2.24, 2.45) is 0 Å². The molecule has 9 nitrogen and oxygen atoms in total. The molecule has 0 unspecified atom stereocenters. The van der Waals surface area contributed by atoms with E-state index in [-0.39, 0.29) is 11.3 Å². The lowest BCUT2D eigenvalue weighted by Crippen LogP contribution is -2.14. The van der Waals surface area contributed by atoms with Crippen LogP contribution in [0, 0.1) is 10.1 Å². The third-order valence-electron chi connectivity index (χ3n) is 3.01. The summed E-state index contributed by atoms with van der Waals surface area (Å²) in [5, 5.41) is 10.5. The molecule has 0 aliphatic rings. The van der Waals surface area contributed by atoms with Crippen molar-refractivity contribution in [1.29, 1.82) is 0 Å². The lowest BCUT2D eigenvalue weighted by molar-refractivity contribution is -0.402. The summed E-state index contributed by atoms with van der Waals surface area (Å²) in [6.45, 7) is -0.553. The van der Waals surface area contributed by atoms with E-state index in [9.17, 15) is 19.7 Å². The second-order valence-corrected chi connectivity index (χ2v) is 4.46. The Morgan fingerprint density at radius 2 is 1.83 bits per heavy atom. The quantitative estimate of drug-likeness (QED) is 0.327. The van der Waals surface area contributed by atoms with Crippen LogP contribution in [0.3, 0.4) is 0 Å². The molecule has 0 amide bonds. The molecule has 0 bridgehead atoms. The second kappa shape index (κ2) is 7.27. The second-order valence-electron chi connectivity index (χ2n) is 4.46. The van der Waals surface area contributed by atoms with Crippen LogP contribution in [0.15, 0.2) is 34.7 Å². The first-order chi connectivity index (χ1) is 11.5. The van der Waals surface area contributed by atoms with Gasteiger partial charge in [0.05, 0.1) is 20.3 Å². The van der Waals surface area contributed by atoms with Gasteiger partial charge in [-0.2, -0.15) is 0 Å². The van der Waals surface area contributed by atoms with Crippen molar-refractivity contribution in [3.05, 3.63) is 51.8 Å². The van der Waals surface area contributed by atoms with E-state index >= 15 is 0 Å². The zero-order valence-electron chi connectivity index (χ0n) is 12.8. The minimum atomic E-state index is -0.975. The maximum Gasteiger partial charge on any atom is 0.433 e. The number of hydrogen-bond donors (Lipinski definition) is 0. The van der Waals surface area contributed by atoms with Gasteiger partial charge in [-0.15, -0.1) is 0 Å². The number of ketones is 1. The molecule has 2 rings (SSSR count). The van der Waals surface area contributed by atoms with Crippen LogP contribution in [0.5, 0.6) is 11.5 Å². The van der Waals surface area contributed by atoms with E-state index in [1.807, 2.05) is 0 Å². The minimum absolute atomic E-state index is 0.255. The fourth-order valence-corrected chi connectivity index (χ4v) is 1.83. The van der Waals surface area contributed by atoms with E-state index in [1.165, 1.54) is 26.4 Å². The molecular weight excluding hydrogens is 322 g/mol. The number of Topliss-reactive ketones (excluding diaryl/α,β-unsaturated/α-hetero) is 1. The van der Waals surface area contributed by atoms with E-state index < -0.39 is 29.2 Å². The summed E-state index contributed by atoms with van der Waals surface area (Å²) in [7, 11) is 2.89. The zero-order valence-corrected chi connectivity index (χ0v) is 12.8. The lowest BCUT2D eigenvalue weighted by Gasteiger charge is -2.09. The highest BCUT2D eigenvalue weighted by Gasteiger charge is 2.20. The van der Waals surface area contributed by atoms with Gasteiger partial charge >= 0.3 is 11.9 Å². The molecule has 0 N–H and O–H groups in total. The van der Waals surface area contributed by atoms with Gasteiger partial charge in [-0.1, -0.05) is 0 Å². The summed E-state index contributed by atoms with van der Waals surface area (Å²) in [5.41, 5.74) is 0.255. The summed E-state index contributed by atoms with van der Waals surface area (Å²) in [5.74, 6) is -1.59. The molecular formula is C15H13NO8. The molecule has 0 saturated carbocycles. The van der Waals surface area contributed by atoms with Gasteiger partial charge in [-0.05, 0) is 24.3 Å². The van der Waals surface area contributed by atoms with Gasteiger partial charge in [0.25, 0.3) is 0 Å². The van der Waals surface area contributed by atoms with Crippen LogP contribution in [-0.2, 0) is 4.74 Å². The number of methoxy groups -OCH3 is 2. The van der Waals surface area contributed by atoms with Gasteiger partial charge in [0.1, 0.15) is 4.92 Å². The molecule has 0 aliphatic heterocycles. The largest absolute Gasteiger partial charge is 0.493 e. The normalized spacial score (nSPS) is 10.1. The van der Waals surface area contributed by atoms with Gasteiger partial charge in [0.15, 0.2) is 23.9 Å². The van der Waals surface area contributed by atoms with Crippen molar-refractivity contribution in [3.63, 3.8) is 0 Å². The summed E-state index contributed by atoms with van der Waals surface area (Å²) in [6, 6.07) is 6.61. The van der Waals surface area contributed by atoms with Crippen molar-refractivity contribution in [3.8, 4) is 11.5 Å². The molecule has 1 aromatic heterocycles. The first-order valence-electron chi connectivity index (χ1n) is 6.63. The Morgan fingerprint density at radius 3 is 2.42 bits per heavy atom. The number of nitrogens with zero attached hydrogens (tertiary/aromatic N) is 1. The van der Waals surface area contributed by atoms with E-state index in [0.717, 1.165) is 12.1 Å². The summed E-state index contributed by atoms with van der Waals surface area (Å²) < 4.78 is 19.6. The van der Waals surface area contributed by atoms with Crippen LogP contribution in [0.4, 0.5) is 5.88 Å². The first-order valence-corrected chi connectivity index (χ1v) is 6.63. The van der Waals surface area contributed by atoms with Crippen LogP contribution in [0.25, 0.3) is 0 Å². The number of ether oxygens (including phenoxy) is 3. The predicted octanol–water partition coefficient (Wildman–Crippen LogP) is 2.24. The fourth-order valence-electron chi connectivity index (χ4n) is 1.83. The standard InChI is InChI=1S/C15H13NO8/c1-21-11-4-3-9(7-13(11)22-2)10(17)8-23-15(18)12-5-6-14(24-12)16(19)20/h3-7H,8H2,1-2H3. The molecule has 0 radical (unpaired) electrons. The number of nitro groups is 1. The first kappa shape index (κ1) is 17.0. The number of carbonyl (C=O) groups is 2. The van der Waals surface area contributed by atoms with Crippen molar-refractivity contribution < 1.29 is 33.1 Å². The maximum atomic E-state index is 12.0. The van der Waals surface area contributed by atoms with Gasteiger partial charge in [-0.25, -0.2) is 4.79 Å². The third-order valence-corrected chi connectivity index (χ3v) is 3.01. The van der Waals surface area contributed by atoms with Crippen LogP contribution in [0.1, 0.15) is 20.9 Å². The number of furan rings is 1. The van der Waals surface area contributed by atoms with Crippen molar-refractivity contribution >= 4 is 17.6 Å². The summed E-state index contributed by atoms with van der Waals surface area (Å²) in [4.78, 5) is 33.5. The van der Waals surface area contributed by atoms with E-state index in [1.54, 1.807) is 6.07 Å². The third kappa shape index (κ3) is 3.69. The van der Waals surface area contributed by atoms with Crippen LogP contribution < -0.4 is 9.47 Å². The summed E-state index contributed by atoms with van der Waals surface area (Å²) >= 11 is 0. The number of benzene rings is 1. The topological polar surface area (TPSA) is 118 Å². The molecule has 2 aromatic rings. The molecule has 0 atom stereocenters. The molecule has 0 fully saturated rings. The molecule has 0 saturated heterocycles. The minimum Gasteiger partial charge on any atom is -0.493 e. The number of rotatable bonds is 7. The maximum absolute atomic E-state index is 12.0. The molecule has 1 heterocycles. The fraction of sp³-hybridized carbons (Fsp3) is 0.200. The average Bonchev–Trinajstić information content (AvgIpc) is 3.09. The van der Waals surface area contributed by atoms with Crippen molar-refractivity contribution in [2.45, 2.75) is 0 Å². The number of hydrogen-bond acceptors (Lipinski definition) is 8. The predicted molar refractivity (Wildman–Crippen MR) is 79.5 cm³/mol. The van der Waals surface area contributed by atoms with E-state index in [2.05, 4.69) is 0 Å². The van der Waals surface area contributed by atoms with Crippen LogP contribution in [-0.4, -0.2) is 37.5 Å². The lowest BCUT2D eigenvalue weighted by atomic mass is 10.1. The van der Waals surface area contributed by atoms with Crippen LogP contribution in [0.2, 0.25) is 0 Å². The highest BCUT2D eigenvalue weighted by molar-refractivity contribution is 5.99. The Morgan fingerprint density at radius 1 is 1.12 bits per heavy atom. The Labute approximate surface area is 135 Å². The van der Waals surface area contributed by atoms with Gasteiger partial charge in [-0.3, -0.25) is 14.9 Å². The van der Waals surface area contributed by atoms with Gasteiger partial charge in [0, 0.05) is 5.56 Å². The highest BCUT2D eigenvalue weighted by Crippen LogP contribution is 2.27. The molecule has 9 heteroatoms. The Bertz CT molecular complexity index is 780. The summed E-state index contributed by atoms with van der Waals surface area (Å²) in [6.07, 6.45) is 0. The van der Waals surface area contributed by atoms with Gasteiger partial charge < -0.3 is 18.6 Å². The molecule has 126 valence electrons. The van der Waals surface area contributed by atoms with Gasteiger partial charge in [0.2, 0.25) is 5.76 Å². The molecule has 24 heavy (non-hydrogen) atoms. The zero-order chi connectivity index (χ0) is 17.7. The van der Waals surface area contributed by atoms with Crippen LogP contribution >= 0.6 is 0 Å². The van der Waals surface area contributed by atoms with Crippen molar-refractivity contribution in [2.75, 3.05) is 20.8 Å². The Kier molecular flexibility index (Phi) is 5.15. The number of carbonyl (C=O) groups excluding carboxylic acids is 2. The monoisotopic (exact) mass is 335 g/mol. The highest BCUT2D eigenvalue weighted by atomic mass is 16.7. The average molecular weight is 335 g/mol. The van der Waals surface area contributed by atoms with Crippen molar-refractivity contribution in [1.82, 2.24) is 0 Å². The number of esters is 1.